The van der Waals surface area contributed by atoms with Crippen molar-refractivity contribution in [3.05, 3.63) is 60.2 Å². The lowest BCUT2D eigenvalue weighted by Crippen LogP contribution is -2.30. The van der Waals surface area contributed by atoms with E-state index >= 15 is 0 Å². The molecule has 0 fully saturated rings. The maximum Gasteiger partial charge on any atom is 0.0503 e. The van der Waals surface area contributed by atoms with E-state index in [-0.39, 0.29) is 5.54 Å². The van der Waals surface area contributed by atoms with Crippen molar-refractivity contribution in [2.24, 2.45) is 0 Å². The highest BCUT2D eigenvalue weighted by atomic mass is 15.0. The van der Waals surface area contributed by atoms with Crippen LogP contribution in [-0.2, 0) is 0 Å². The van der Waals surface area contributed by atoms with Gasteiger partial charge in [0, 0.05) is 17.1 Å². The Morgan fingerprint density at radius 2 is 1.74 bits per heavy atom. The van der Waals surface area contributed by atoms with E-state index in [0.29, 0.717) is 0 Å². The van der Waals surface area contributed by atoms with E-state index in [2.05, 4.69) is 67.0 Å². The molecule has 2 aromatic carbocycles. The van der Waals surface area contributed by atoms with Crippen molar-refractivity contribution < 1.29 is 0 Å². The van der Waals surface area contributed by atoms with Crippen LogP contribution >= 0.6 is 0 Å². The second kappa shape index (κ2) is 4.47. The Labute approximate surface area is 114 Å². The number of benzene rings is 2. The quantitative estimate of drug-likeness (QED) is 0.810. The van der Waals surface area contributed by atoms with Crippen LogP contribution in [0.2, 0.25) is 0 Å². The molecule has 0 radical (unpaired) electrons. The monoisotopic (exact) mass is 250 g/mol. The molecule has 0 saturated carbocycles. The third kappa shape index (κ3) is 2.63. The first-order chi connectivity index (χ1) is 9.12. The predicted molar refractivity (Wildman–Crippen MR) is 82.9 cm³/mol. The molecule has 3 rings (SSSR count). The summed E-state index contributed by atoms with van der Waals surface area (Å²) in [5.74, 6) is 0. The van der Waals surface area contributed by atoms with Crippen LogP contribution in [-0.4, -0.2) is 5.54 Å². The Balaban J connectivity index is 1.87. The van der Waals surface area contributed by atoms with Gasteiger partial charge in [0.05, 0.1) is 5.54 Å². The molecule has 0 atom stereocenters. The van der Waals surface area contributed by atoms with Gasteiger partial charge in [-0.15, -0.1) is 0 Å². The first kappa shape index (κ1) is 11.8. The Bertz CT molecular complexity index is 612. The lowest BCUT2D eigenvalue weighted by Gasteiger charge is -2.29. The minimum atomic E-state index is 0.0291. The zero-order valence-corrected chi connectivity index (χ0v) is 11.3. The van der Waals surface area contributed by atoms with Crippen LogP contribution in [0.5, 0.6) is 0 Å². The highest BCUT2D eigenvalue weighted by Crippen LogP contribution is 2.30. The summed E-state index contributed by atoms with van der Waals surface area (Å²) in [6.07, 6.45) is 4.38. The van der Waals surface area contributed by atoms with Crippen LogP contribution in [0.3, 0.4) is 0 Å². The van der Waals surface area contributed by atoms with Crippen LogP contribution in [0.1, 0.15) is 19.4 Å². The Morgan fingerprint density at radius 1 is 0.947 bits per heavy atom. The minimum Gasteiger partial charge on any atom is -0.376 e. The van der Waals surface area contributed by atoms with Gasteiger partial charge in [-0.3, -0.25) is 0 Å². The van der Waals surface area contributed by atoms with E-state index in [4.69, 9.17) is 0 Å². The van der Waals surface area contributed by atoms with Gasteiger partial charge < -0.3 is 10.6 Å². The Kier molecular flexibility index (Phi) is 2.79. The fraction of sp³-hybridized carbons (Fsp3) is 0.176. The summed E-state index contributed by atoms with van der Waals surface area (Å²) in [5.41, 5.74) is 4.65. The maximum absolute atomic E-state index is 3.51. The molecule has 1 aliphatic heterocycles. The third-order valence-electron chi connectivity index (χ3n) is 3.25. The van der Waals surface area contributed by atoms with Crippen LogP contribution in [0, 0.1) is 0 Å². The predicted octanol–water partition coefficient (Wildman–Crippen LogP) is 4.65. The summed E-state index contributed by atoms with van der Waals surface area (Å²) < 4.78 is 0. The fourth-order valence-corrected chi connectivity index (χ4v) is 2.27. The average molecular weight is 250 g/mol. The normalized spacial score (nSPS) is 15.5. The molecular formula is C17H18N2. The smallest absolute Gasteiger partial charge is 0.0503 e. The molecule has 0 unspecified atom stereocenters. The molecule has 0 saturated heterocycles. The molecule has 2 N–H and O–H groups in total. The van der Waals surface area contributed by atoms with E-state index in [1.807, 2.05) is 18.2 Å². The number of hydrogen-bond acceptors (Lipinski definition) is 2. The van der Waals surface area contributed by atoms with Crippen LogP contribution in [0.15, 0.2) is 54.6 Å². The summed E-state index contributed by atoms with van der Waals surface area (Å²) in [5, 5.41) is 6.93. The van der Waals surface area contributed by atoms with Crippen molar-refractivity contribution in [1.29, 1.82) is 0 Å². The summed E-state index contributed by atoms with van der Waals surface area (Å²) in [7, 11) is 0. The number of hydrogen-bond donors (Lipinski definition) is 2. The van der Waals surface area contributed by atoms with Crippen molar-refractivity contribution in [1.82, 2.24) is 0 Å². The van der Waals surface area contributed by atoms with Crippen molar-refractivity contribution in [2.75, 3.05) is 10.6 Å². The van der Waals surface area contributed by atoms with E-state index < -0.39 is 0 Å². The third-order valence-corrected chi connectivity index (χ3v) is 3.25. The molecule has 0 amide bonds. The van der Waals surface area contributed by atoms with Gasteiger partial charge in [-0.25, -0.2) is 0 Å². The zero-order chi connectivity index (χ0) is 13.3. The van der Waals surface area contributed by atoms with Gasteiger partial charge >= 0.3 is 0 Å². The molecule has 96 valence electrons. The van der Waals surface area contributed by atoms with Gasteiger partial charge in [0.25, 0.3) is 0 Å². The lowest BCUT2D eigenvalue weighted by molar-refractivity contribution is 0.711. The van der Waals surface area contributed by atoms with Gasteiger partial charge in [-0.1, -0.05) is 30.4 Å². The van der Waals surface area contributed by atoms with Crippen molar-refractivity contribution in [2.45, 2.75) is 19.4 Å². The van der Waals surface area contributed by atoms with Crippen LogP contribution in [0.4, 0.5) is 17.1 Å². The second-order valence-corrected chi connectivity index (χ2v) is 5.47. The van der Waals surface area contributed by atoms with Gasteiger partial charge in [-0.2, -0.15) is 0 Å². The summed E-state index contributed by atoms with van der Waals surface area (Å²) >= 11 is 0. The summed E-state index contributed by atoms with van der Waals surface area (Å²) in [6.45, 7) is 4.34. The lowest BCUT2D eigenvalue weighted by atomic mass is 9.96. The molecular weight excluding hydrogens is 232 g/mol. The SMILES string of the molecule is CC1(C)C=Cc2cc(Nc3ccccc3)ccc2N1. The average Bonchev–Trinajstić information content (AvgIpc) is 2.39. The molecule has 1 aliphatic rings. The van der Waals surface area contributed by atoms with Gasteiger partial charge in [0.1, 0.15) is 0 Å². The molecule has 19 heavy (non-hydrogen) atoms. The Hall–Kier alpha value is -2.22. The van der Waals surface area contributed by atoms with Crippen LogP contribution in [0.25, 0.3) is 6.08 Å². The van der Waals surface area contributed by atoms with E-state index in [0.717, 1.165) is 11.4 Å². The fourth-order valence-electron chi connectivity index (χ4n) is 2.27. The number of anilines is 3. The first-order valence-electron chi connectivity index (χ1n) is 6.56. The molecule has 2 heteroatoms. The molecule has 0 bridgehead atoms. The maximum atomic E-state index is 3.51. The largest absolute Gasteiger partial charge is 0.376 e. The number of nitrogens with one attached hydrogen (secondary N) is 2. The molecule has 0 aromatic heterocycles. The van der Waals surface area contributed by atoms with Crippen molar-refractivity contribution in [3.8, 4) is 0 Å². The highest BCUT2D eigenvalue weighted by molar-refractivity contribution is 5.76. The van der Waals surface area contributed by atoms with Crippen molar-refractivity contribution in [3.63, 3.8) is 0 Å². The first-order valence-corrected chi connectivity index (χ1v) is 6.56. The number of para-hydroxylation sites is 1. The zero-order valence-electron chi connectivity index (χ0n) is 11.3. The number of rotatable bonds is 2. The van der Waals surface area contributed by atoms with E-state index in [1.54, 1.807) is 0 Å². The van der Waals surface area contributed by atoms with Gasteiger partial charge in [0.15, 0.2) is 0 Å². The molecule has 2 nitrogen and oxygen atoms in total. The van der Waals surface area contributed by atoms with E-state index in [9.17, 15) is 0 Å². The Morgan fingerprint density at radius 3 is 2.53 bits per heavy atom. The minimum absolute atomic E-state index is 0.0291. The van der Waals surface area contributed by atoms with Gasteiger partial charge in [-0.05, 0) is 49.7 Å². The molecule has 1 heterocycles. The van der Waals surface area contributed by atoms with Crippen molar-refractivity contribution >= 4 is 23.1 Å². The topological polar surface area (TPSA) is 24.1 Å². The van der Waals surface area contributed by atoms with Crippen LogP contribution < -0.4 is 10.6 Å². The molecule has 2 aromatic rings. The summed E-state index contributed by atoms with van der Waals surface area (Å²) in [4.78, 5) is 0. The highest BCUT2D eigenvalue weighted by Gasteiger charge is 2.18. The second-order valence-electron chi connectivity index (χ2n) is 5.47. The molecule has 0 spiro atoms. The molecule has 0 aliphatic carbocycles. The van der Waals surface area contributed by atoms with E-state index in [1.165, 1.54) is 11.3 Å². The number of fused-ring (bicyclic) bond motifs is 1. The summed E-state index contributed by atoms with van der Waals surface area (Å²) in [6, 6.07) is 16.6. The van der Waals surface area contributed by atoms with Gasteiger partial charge in [0.2, 0.25) is 0 Å². The standard InChI is InChI=1S/C17H18N2/c1-17(2)11-10-13-12-15(8-9-16(13)19-17)18-14-6-4-3-5-7-14/h3-12,18-19H,1-2H3.